The lowest BCUT2D eigenvalue weighted by Gasteiger charge is -2.03. The molecule has 0 atom stereocenters. The zero-order valence-corrected chi connectivity index (χ0v) is 14.0. The Kier molecular flexibility index (Phi) is 9.92. The maximum absolute atomic E-state index is 11.7. The molecule has 0 unspecified atom stereocenters. The van der Waals surface area contributed by atoms with Crippen molar-refractivity contribution in [2.24, 2.45) is 5.10 Å². The molecule has 0 bridgehead atoms. The Bertz CT molecular complexity index is 443. The van der Waals surface area contributed by atoms with E-state index in [1.165, 1.54) is 38.5 Å². The Hall–Kier alpha value is -1.71. The molecule has 0 aliphatic rings. The molecule has 0 aliphatic heterocycles. The normalized spacial score (nSPS) is 11.5. The number of aromatic nitrogens is 1. The molecule has 0 saturated heterocycles. The number of nitrogens with one attached hydrogen (secondary N) is 1. The molecule has 1 heterocycles. The second-order valence-corrected chi connectivity index (χ2v) is 5.70. The fourth-order valence-electron chi connectivity index (χ4n) is 2.26. The van der Waals surface area contributed by atoms with Crippen LogP contribution in [0.2, 0.25) is 0 Å². The standard InChI is InChI=1S/C18H29N3O/c1-3-4-5-6-7-8-9-10-13-18(22)21-20-16(2)17-12-11-14-19-15-17/h11-12,14-15H,3-10,13H2,1-2H3,(H,21,22). The van der Waals surface area contributed by atoms with E-state index in [4.69, 9.17) is 0 Å². The molecule has 0 radical (unpaired) electrons. The molecule has 1 amide bonds. The van der Waals surface area contributed by atoms with Crippen LogP contribution in [-0.2, 0) is 4.79 Å². The van der Waals surface area contributed by atoms with E-state index in [-0.39, 0.29) is 5.91 Å². The van der Waals surface area contributed by atoms with Gasteiger partial charge in [-0.25, -0.2) is 5.43 Å². The monoisotopic (exact) mass is 303 g/mol. The fraction of sp³-hybridized carbons (Fsp3) is 0.611. The predicted octanol–water partition coefficient (Wildman–Crippen LogP) is 4.45. The van der Waals surface area contributed by atoms with Crippen LogP contribution in [0.1, 0.15) is 77.2 Å². The minimum absolute atomic E-state index is 0.00535. The van der Waals surface area contributed by atoms with Crippen molar-refractivity contribution in [2.75, 3.05) is 0 Å². The van der Waals surface area contributed by atoms with Gasteiger partial charge >= 0.3 is 0 Å². The van der Waals surface area contributed by atoms with Crippen LogP contribution in [0.5, 0.6) is 0 Å². The number of carbonyl (C=O) groups is 1. The van der Waals surface area contributed by atoms with Crippen molar-refractivity contribution < 1.29 is 4.79 Å². The number of hydrogen-bond acceptors (Lipinski definition) is 3. The van der Waals surface area contributed by atoms with Crippen molar-refractivity contribution in [3.8, 4) is 0 Å². The SMILES string of the molecule is CCCCCCCCCCC(=O)NN=C(C)c1cccnc1. The number of nitrogens with zero attached hydrogens (tertiary/aromatic N) is 2. The Morgan fingerprint density at radius 1 is 1.14 bits per heavy atom. The van der Waals surface area contributed by atoms with Gasteiger partial charge in [0.05, 0.1) is 5.71 Å². The zero-order chi connectivity index (χ0) is 16.0. The van der Waals surface area contributed by atoms with Crippen LogP contribution in [0.15, 0.2) is 29.6 Å². The number of hydrogen-bond donors (Lipinski definition) is 1. The molecule has 1 aromatic rings. The zero-order valence-electron chi connectivity index (χ0n) is 14.0. The average molecular weight is 303 g/mol. The van der Waals surface area contributed by atoms with Gasteiger partial charge in [-0.3, -0.25) is 9.78 Å². The molecule has 0 aromatic carbocycles. The summed E-state index contributed by atoms with van der Waals surface area (Å²) in [6.45, 7) is 4.10. The number of hydrazone groups is 1. The van der Waals surface area contributed by atoms with Gasteiger partial charge in [0.25, 0.3) is 0 Å². The summed E-state index contributed by atoms with van der Waals surface area (Å²) < 4.78 is 0. The maximum Gasteiger partial charge on any atom is 0.240 e. The van der Waals surface area contributed by atoms with Crippen molar-refractivity contribution in [1.82, 2.24) is 10.4 Å². The predicted molar refractivity (Wildman–Crippen MR) is 91.8 cm³/mol. The van der Waals surface area contributed by atoms with Gasteiger partial charge < -0.3 is 0 Å². The summed E-state index contributed by atoms with van der Waals surface area (Å²) in [6, 6.07) is 3.78. The van der Waals surface area contributed by atoms with Crippen LogP contribution in [0.3, 0.4) is 0 Å². The molecular weight excluding hydrogens is 274 g/mol. The van der Waals surface area contributed by atoms with Gasteiger partial charge in [-0.2, -0.15) is 5.10 Å². The molecule has 122 valence electrons. The summed E-state index contributed by atoms with van der Waals surface area (Å²) in [6.07, 6.45) is 13.9. The third-order valence-electron chi connectivity index (χ3n) is 3.69. The maximum atomic E-state index is 11.7. The first-order chi connectivity index (χ1) is 10.7. The number of pyridine rings is 1. The molecule has 1 aromatic heterocycles. The minimum Gasteiger partial charge on any atom is -0.273 e. The van der Waals surface area contributed by atoms with Gasteiger partial charge in [0, 0.05) is 24.4 Å². The molecule has 22 heavy (non-hydrogen) atoms. The van der Waals surface area contributed by atoms with Crippen molar-refractivity contribution in [3.63, 3.8) is 0 Å². The lowest BCUT2D eigenvalue weighted by Crippen LogP contribution is -2.18. The summed E-state index contributed by atoms with van der Waals surface area (Å²) in [5, 5.41) is 4.12. The quantitative estimate of drug-likeness (QED) is 0.373. The highest BCUT2D eigenvalue weighted by atomic mass is 16.2. The number of unbranched alkanes of at least 4 members (excludes halogenated alkanes) is 7. The van der Waals surface area contributed by atoms with E-state index in [2.05, 4.69) is 22.4 Å². The first-order valence-electron chi connectivity index (χ1n) is 8.47. The number of rotatable bonds is 11. The van der Waals surface area contributed by atoms with Crippen LogP contribution < -0.4 is 5.43 Å². The van der Waals surface area contributed by atoms with Crippen LogP contribution in [0.4, 0.5) is 0 Å². The van der Waals surface area contributed by atoms with Crippen LogP contribution in [0, 0.1) is 0 Å². The van der Waals surface area contributed by atoms with E-state index in [1.54, 1.807) is 12.4 Å². The fourth-order valence-corrected chi connectivity index (χ4v) is 2.26. The van der Waals surface area contributed by atoms with Crippen molar-refractivity contribution >= 4 is 11.6 Å². The van der Waals surface area contributed by atoms with Gasteiger partial charge in [-0.1, -0.05) is 57.9 Å². The highest BCUT2D eigenvalue weighted by Crippen LogP contribution is 2.09. The van der Waals surface area contributed by atoms with Gasteiger partial charge in [0.1, 0.15) is 0 Å². The van der Waals surface area contributed by atoms with Crippen molar-refractivity contribution in [3.05, 3.63) is 30.1 Å². The molecule has 4 nitrogen and oxygen atoms in total. The van der Waals surface area contributed by atoms with Gasteiger partial charge in [0.15, 0.2) is 0 Å². The van der Waals surface area contributed by atoms with Gasteiger partial charge in [-0.05, 0) is 19.4 Å². The molecule has 1 N–H and O–H groups in total. The Morgan fingerprint density at radius 2 is 1.82 bits per heavy atom. The molecule has 0 spiro atoms. The molecule has 0 fully saturated rings. The van der Waals surface area contributed by atoms with E-state index in [1.807, 2.05) is 19.1 Å². The molecule has 0 saturated carbocycles. The third-order valence-corrected chi connectivity index (χ3v) is 3.69. The van der Waals surface area contributed by atoms with Crippen LogP contribution >= 0.6 is 0 Å². The number of carbonyl (C=O) groups excluding carboxylic acids is 1. The lowest BCUT2D eigenvalue weighted by molar-refractivity contribution is -0.121. The van der Waals surface area contributed by atoms with E-state index < -0.39 is 0 Å². The highest BCUT2D eigenvalue weighted by Gasteiger charge is 2.01. The molecule has 1 rings (SSSR count). The van der Waals surface area contributed by atoms with E-state index >= 15 is 0 Å². The first kappa shape index (κ1) is 18.3. The van der Waals surface area contributed by atoms with Crippen molar-refractivity contribution in [2.45, 2.75) is 71.6 Å². The smallest absolute Gasteiger partial charge is 0.240 e. The summed E-state index contributed by atoms with van der Waals surface area (Å²) in [5.74, 6) is -0.00535. The summed E-state index contributed by atoms with van der Waals surface area (Å²) in [7, 11) is 0. The minimum atomic E-state index is -0.00535. The van der Waals surface area contributed by atoms with E-state index in [0.29, 0.717) is 6.42 Å². The molecular formula is C18H29N3O. The van der Waals surface area contributed by atoms with E-state index in [0.717, 1.165) is 24.1 Å². The Morgan fingerprint density at radius 3 is 2.45 bits per heavy atom. The third kappa shape index (κ3) is 8.55. The largest absolute Gasteiger partial charge is 0.273 e. The average Bonchev–Trinajstić information content (AvgIpc) is 2.56. The summed E-state index contributed by atoms with van der Waals surface area (Å²) in [4.78, 5) is 15.8. The highest BCUT2D eigenvalue weighted by molar-refractivity contribution is 5.98. The van der Waals surface area contributed by atoms with E-state index in [9.17, 15) is 4.79 Å². The van der Waals surface area contributed by atoms with Crippen molar-refractivity contribution in [1.29, 1.82) is 0 Å². The molecule has 0 aliphatic carbocycles. The van der Waals surface area contributed by atoms with Crippen LogP contribution in [0.25, 0.3) is 0 Å². The second kappa shape index (κ2) is 11.9. The summed E-state index contributed by atoms with van der Waals surface area (Å²) in [5.41, 5.74) is 4.32. The Balaban J connectivity index is 2.09. The van der Waals surface area contributed by atoms with Gasteiger partial charge in [-0.15, -0.1) is 0 Å². The number of amides is 1. The Labute approximate surface area is 134 Å². The van der Waals surface area contributed by atoms with Crippen LogP contribution in [-0.4, -0.2) is 16.6 Å². The van der Waals surface area contributed by atoms with Gasteiger partial charge in [0.2, 0.25) is 5.91 Å². The second-order valence-electron chi connectivity index (χ2n) is 5.70. The summed E-state index contributed by atoms with van der Waals surface area (Å²) >= 11 is 0. The first-order valence-corrected chi connectivity index (χ1v) is 8.47. The molecule has 4 heteroatoms. The topological polar surface area (TPSA) is 54.4 Å². The lowest BCUT2D eigenvalue weighted by atomic mass is 10.1.